The van der Waals surface area contributed by atoms with Gasteiger partial charge in [0.2, 0.25) is 0 Å². The van der Waals surface area contributed by atoms with Crippen LogP contribution in [0.4, 0.5) is 4.79 Å². The fourth-order valence-electron chi connectivity index (χ4n) is 5.11. The van der Waals surface area contributed by atoms with Crippen molar-refractivity contribution in [3.8, 4) is 0 Å². The number of hydrogen-bond acceptors (Lipinski definition) is 6. The molecule has 170 valence electrons. The minimum Gasteiger partial charge on any atom is -0.459 e. The molecule has 2 unspecified atom stereocenters. The highest BCUT2D eigenvalue weighted by molar-refractivity contribution is 6.09. The first kappa shape index (κ1) is 21.2. The molecule has 3 amide bonds. The fourth-order valence-corrected chi connectivity index (χ4v) is 5.11. The summed E-state index contributed by atoms with van der Waals surface area (Å²) in [5, 5.41) is 5.34. The van der Waals surface area contributed by atoms with Crippen LogP contribution in [0.1, 0.15) is 38.2 Å². The van der Waals surface area contributed by atoms with Gasteiger partial charge in [-0.3, -0.25) is 14.5 Å². The first-order valence-corrected chi connectivity index (χ1v) is 11.1. The van der Waals surface area contributed by atoms with E-state index in [1.54, 1.807) is 6.07 Å². The van der Waals surface area contributed by atoms with E-state index < -0.39 is 29.7 Å². The lowest BCUT2D eigenvalue weighted by molar-refractivity contribution is -0.149. The standard InChI is InChI=1S/C25H24N2O6/c1-15-6-4-5-11-25(15)23(30)27(24(31)26-25)13-21(29)32-14-17-12-20(28)33-19-10-9-16-7-2-3-8-18(16)22(17)19/h2-3,7-10,12,15H,4-6,11,13-14H2,1H3,(H,26,31). The van der Waals surface area contributed by atoms with Crippen molar-refractivity contribution in [3.63, 3.8) is 0 Å². The molecule has 3 aromatic rings. The molecule has 8 heteroatoms. The number of rotatable bonds is 4. The van der Waals surface area contributed by atoms with E-state index in [-0.39, 0.29) is 18.4 Å². The van der Waals surface area contributed by atoms with Gasteiger partial charge in [-0.2, -0.15) is 0 Å². The molecule has 1 aliphatic heterocycles. The molecule has 2 atom stereocenters. The number of nitrogens with zero attached hydrogens (tertiary/aromatic N) is 1. The molecule has 1 aromatic heterocycles. The molecular formula is C25H24N2O6. The molecule has 1 N–H and O–H groups in total. The van der Waals surface area contributed by atoms with Crippen molar-refractivity contribution in [1.29, 1.82) is 0 Å². The zero-order valence-electron chi connectivity index (χ0n) is 18.3. The van der Waals surface area contributed by atoms with Gasteiger partial charge in [-0.05, 0) is 35.6 Å². The lowest BCUT2D eigenvalue weighted by Gasteiger charge is -2.36. The Balaban J connectivity index is 1.36. The lowest BCUT2D eigenvalue weighted by Crippen LogP contribution is -2.54. The second-order valence-corrected chi connectivity index (χ2v) is 8.85. The van der Waals surface area contributed by atoms with Crippen LogP contribution in [0.25, 0.3) is 21.7 Å². The first-order valence-electron chi connectivity index (χ1n) is 11.1. The summed E-state index contributed by atoms with van der Waals surface area (Å²) in [7, 11) is 0. The summed E-state index contributed by atoms with van der Waals surface area (Å²) in [4.78, 5) is 51.2. The monoisotopic (exact) mass is 448 g/mol. The van der Waals surface area contributed by atoms with Gasteiger partial charge in [0.05, 0.1) is 0 Å². The molecule has 1 aliphatic carbocycles. The number of hydrogen-bond donors (Lipinski definition) is 1. The van der Waals surface area contributed by atoms with Crippen LogP contribution in [-0.4, -0.2) is 34.9 Å². The van der Waals surface area contributed by atoms with Crippen LogP contribution < -0.4 is 10.9 Å². The van der Waals surface area contributed by atoms with Gasteiger partial charge in [-0.1, -0.05) is 50.1 Å². The molecule has 5 rings (SSSR count). The maximum atomic E-state index is 13.1. The van der Waals surface area contributed by atoms with Crippen LogP contribution in [0.15, 0.2) is 51.7 Å². The van der Waals surface area contributed by atoms with Crippen molar-refractivity contribution < 1.29 is 23.5 Å². The predicted molar refractivity (Wildman–Crippen MR) is 120 cm³/mol. The number of fused-ring (bicyclic) bond motifs is 3. The van der Waals surface area contributed by atoms with Crippen molar-refractivity contribution >= 4 is 39.6 Å². The third kappa shape index (κ3) is 3.55. The number of nitrogens with one attached hydrogen (secondary N) is 1. The Kier molecular flexibility index (Phi) is 5.15. The summed E-state index contributed by atoms with van der Waals surface area (Å²) in [5.41, 5.74) is -0.579. The second kappa shape index (κ2) is 8.03. The highest BCUT2D eigenvalue weighted by atomic mass is 16.5. The van der Waals surface area contributed by atoms with Gasteiger partial charge in [0.1, 0.15) is 24.3 Å². The van der Waals surface area contributed by atoms with Crippen LogP contribution in [0, 0.1) is 5.92 Å². The number of urea groups is 1. The SMILES string of the molecule is CC1CCCCC12NC(=O)N(CC(=O)OCc1cc(=O)oc3ccc4ccccc4c13)C2=O. The summed E-state index contributed by atoms with van der Waals surface area (Å²) in [6.07, 6.45) is 3.29. The van der Waals surface area contributed by atoms with E-state index in [1.165, 1.54) is 6.07 Å². The third-order valence-electron chi connectivity index (χ3n) is 6.89. The van der Waals surface area contributed by atoms with Gasteiger partial charge in [0.15, 0.2) is 0 Å². The summed E-state index contributed by atoms with van der Waals surface area (Å²) < 4.78 is 10.7. The lowest BCUT2D eigenvalue weighted by atomic mass is 9.73. The van der Waals surface area contributed by atoms with E-state index >= 15 is 0 Å². The number of amides is 3. The molecule has 1 saturated heterocycles. The van der Waals surface area contributed by atoms with Crippen molar-refractivity contribution in [1.82, 2.24) is 10.2 Å². The molecule has 2 fully saturated rings. The highest BCUT2D eigenvalue weighted by Gasteiger charge is 2.55. The number of carbonyl (C=O) groups excluding carboxylic acids is 3. The van der Waals surface area contributed by atoms with Gasteiger partial charge in [-0.15, -0.1) is 0 Å². The molecule has 1 spiro atoms. The van der Waals surface area contributed by atoms with Crippen LogP contribution in [-0.2, 0) is 20.9 Å². The Bertz CT molecular complexity index is 1350. The van der Waals surface area contributed by atoms with Gasteiger partial charge >= 0.3 is 17.6 Å². The number of carbonyl (C=O) groups is 3. The summed E-state index contributed by atoms with van der Waals surface area (Å²) >= 11 is 0. The third-order valence-corrected chi connectivity index (χ3v) is 6.89. The average molecular weight is 448 g/mol. The maximum absolute atomic E-state index is 13.1. The number of esters is 1. The highest BCUT2D eigenvalue weighted by Crippen LogP contribution is 2.38. The normalized spacial score (nSPS) is 22.8. The molecule has 2 aromatic carbocycles. The number of imide groups is 1. The average Bonchev–Trinajstić information content (AvgIpc) is 3.04. The largest absolute Gasteiger partial charge is 0.459 e. The van der Waals surface area contributed by atoms with Gasteiger partial charge in [-0.25, -0.2) is 9.59 Å². The number of benzene rings is 2. The van der Waals surface area contributed by atoms with Crippen LogP contribution >= 0.6 is 0 Å². The van der Waals surface area contributed by atoms with E-state index in [9.17, 15) is 19.2 Å². The molecule has 0 radical (unpaired) electrons. The molecule has 1 saturated carbocycles. The first-order chi connectivity index (χ1) is 15.9. The van der Waals surface area contributed by atoms with Crippen molar-refractivity contribution in [2.75, 3.05) is 6.54 Å². The Labute approximate surface area is 189 Å². The summed E-state index contributed by atoms with van der Waals surface area (Å²) in [5.74, 6) is -1.08. The maximum Gasteiger partial charge on any atom is 0.336 e. The molecule has 33 heavy (non-hydrogen) atoms. The molecular weight excluding hydrogens is 424 g/mol. The van der Waals surface area contributed by atoms with E-state index in [2.05, 4.69) is 5.32 Å². The molecule has 2 heterocycles. The Morgan fingerprint density at radius 1 is 1.18 bits per heavy atom. The zero-order valence-corrected chi connectivity index (χ0v) is 18.3. The van der Waals surface area contributed by atoms with E-state index in [4.69, 9.17) is 9.15 Å². The Morgan fingerprint density at radius 2 is 2.00 bits per heavy atom. The van der Waals surface area contributed by atoms with Crippen LogP contribution in [0.5, 0.6) is 0 Å². The Morgan fingerprint density at radius 3 is 2.82 bits per heavy atom. The van der Waals surface area contributed by atoms with Crippen molar-refractivity contribution in [2.45, 2.75) is 44.8 Å². The minimum absolute atomic E-state index is 0.00640. The second-order valence-electron chi connectivity index (χ2n) is 8.85. The molecule has 2 aliphatic rings. The van der Waals surface area contributed by atoms with E-state index in [0.717, 1.165) is 34.9 Å². The molecule has 8 nitrogen and oxygen atoms in total. The zero-order chi connectivity index (χ0) is 23.2. The number of ether oxygens (including phenoxy) is 1. The summed E-state index contributed by atoms with van der Waals surface area (Å²) in [6.45, 7) is 1.30. The van der Waals surface area contributed by atoms with Crippen molar-refractivity contribution in [2.24, 2.45) is 5.92 Å². The molecule has 0 bridgehead atoms. The van der Waals surface area contributed by atoms with Gasteiger partial charge < -0.3 is 14.5 Å². The van der Waals surface area contributed by atoms with Crippen molar-refractivity contribution in [3.05, 3.63) is 58.4 Å². The van der Waals surface area contributed by atoms with Crippen LogP contribution in [0.3, 0.4) is 0 Å². The van der Waals surface area contributed by atoms with Crippen LogP contribution in [0.2, 0.25) is 0 Å². The van der Waals surface area contributed by atoms with E-state index in [1.807, 2.05) is 37.3 Å². The Hall–Kier alpha value is -3.68. The predicted octanol–water partition coefficient (Wildman–Crippen LogP) is 3.49. The minimum atomic E-state index is -0.927. The fraction of sp³-hybridized carbons (Fsp3) is 0.360. The van der Waals surface area contributed by atoms with Gasteiger partial charge in [0.25, 0.3) is 5.91 Å². The van der Waals surface area contributed by atoms with Gasteiger partial charge in [0, 0.05) is 17.0 Å². The smallest absolute Gasteiger partial charge is 0.336 e. The summed E-state index contributed by atoms with van der Waals surface area (Å²) in [6, 6.07) is 11.9. The quantitative estimate of drug-likeness (QED) is 0.283. The topological polar surface area (TPSA) is 106 Å². The van der Waals surface area contributed by atoms with E-state index in [0.29, 0.717) is 23.0 Å².